The molecule has 0 aromatic carbocycles. The minimum atomic E-state index is -0.0272. The largest absolute Gasteiger partial charge is 0.322 e. The smallest absolute Gasteiger partial charge is 0.0597 e. The number of hydrogen-bond donors (Lipinski definition) is 1. The molecule has 0 aliphatic carbocycles. The van der Waals surface area contributed by atoms with Crippen molar-refractivity contribution in [1.82, 2.24) is 19.6 Å². The molecule has 5 nitrogen and oxygen atoms in total. The van der Waals surface area contributed by atoms with Gasteiger partial charge in [0.25, 0.3) is 0 Å². The lowest BCUT2D eigenvalue weighted by molar-refractivity contribution is 0.566. The molecule has 18 heavy (non-hydrogen) atoms. The molecule has 98 valence electrons. The second kappa shape index (κ2) is 5.35. The van der Waals surface area contributed by atoms with E-state index in [-0.39, 0.29) is 6.04 Å². The lowest BCUT2D eigenvalue weighted by Crippen LogP contribution is -2.18. The van der Waals surface area contributed by atoms with E-state index in [0.29, 0.717) is 0 Å². The maximum absolute atomic E-state index is 6.27. The lowest BCUT2D eigenvalue weighted by atomic mass is 10.1. The number of nitrogens with zero attached hydrogens (tertiary/aromatic N) is 4. The van der Waals surface area contributed by atoms with Crippen LogP contribution in [0.3, 0.4) is 0 Å². The zero-order valence-corrected chi connectivity index (χ0v) is 11.3. The van der Waals surface area contributed by atoms with E-state index in [1.807, 2.05) is 22.5 Å². The maximum atomic E-state index is 6.27. The van der Waals surface area contributed by atoms with Gasteiger partial charge in [-0.15, -0.1) is 0 Å². The quantitative estimate of drug-likeness (QED) is 0.874. The van der Waals surface area contributed by atoms with Gasteiger partial charge in [0.1, 0.15) is 0 Å². The first-order chi connectivity index (χ1) is 8.63. The van der Waals surface area contributed by atoms with E-state index < -0.39 is 0 Å². The predicted molar refractivity (Wildman–Crippen MR) is 71.2 cm³/mol. The van der Waals surface area contributed by atoms with Gasteiger partial charge in [-0.1, -0.05) is 0 Å². The Morgan fingerprint density at radius 3 is 2.72 bits per heavy atom. The number of hydrogen-bond acceptors (Lipinski definition) is 3. The predicted octanol–water partition coefficient (Wildman–Crippen LogP) is 1.67. The average molecular weight is 247 g/mol. The third kappa shape index (κ3) is 2.61. The van der Waals surface area contributed by atoms with E-state index in [1.165, 1.54) is 5.56 Å². The van der Waals surface area contributed by atoms with Crippen molar-refractivity contribution in [1.29, 1.82) is 0 Å². The molecule has 1 unspecified atom stereocenters. The van der Waals surface area contributed by atoms with Crippen LogP contribution in [-0.2, 0) is 19.5 Å². The first-order valence-corrected chi connectivity index (χ1v) is 6.45. The molecule has 2 heterocycles. The summed E-state index contributed by atoms with van der Waals surface area (Å²) in [6.07, 6.45) is 4.74. The number of aryl methyl sites for hydroxylation is 3. The van der Waals surface area contributed by atoms with Crippen molar-refractivity contribution >= 4 is 0 Å². The van der Waals surface area contributed by atoms with Crippen molar-refractivity contribution in [3.63, 3.8) is 0 Å². The van der Waals surface area contributed by atoms with E-state index in [0.717, 1.165) is 30.9 Å². The first kappa shape index (κ1) is 12.8. The number of rotatable bonds is 5. The molecule has 0 radical (unpaired) electrons. The molecular weight excluding hydrogens is 226 g/mol. The van der Waals surface area contributed by atoms with Crippen LogP contribution in [0.2, 0.25) is 0 Å². The van der Waals surface area contributed by atoms with Crippen molar-refractivity contribution in [2.45, 2.75) is 46.3 Å². The lowest BCUT2D eigenvalue weighted by Gasteiger charge is -2.12. The van der Waals surface area contributed by atoms with Crippen LogP contribution < -0.4 is 5.73 Å². The summed E-state index contributed by atoms with van der Waals surface area (Å²) in [6, 6.07) is 2.04. The van der Waals surface area contributed by atoms with Gasteiger partial charge in [-0.05, 0) is 38.8 Å². The van der Waals surface area contributed by atoms with Gasteiger partial charge in [0.05, 0.1) is 23.6 Å². The highest BCUT2D eigenvalue weighted by atomic mass is 15.3. The SMILES string of the molecule is CCn1cc(CC(N)c2cc(C)nn2CC)cn1. The molecule has 1 atom stereocenters. The third-order valence-corrected chi connectivity index (χ3v) is 3.08. The van der Waals surface area contributed by atoms with Gasteiger partial charge in [0, 0.05) is 19.3 Å². The molecule has 2 aromatic heterocycles. The van der Waals surface area contributed by atoms with Crippen molar-refractivity contribution in [2.75, 3.05) is 0 Å². The molecule has 0 aliphatic heterocycles. The van der Waals surface area contributed by atoms with Crippen LogP contribution in [0.25, 0.3) is 0 Å². The Balaban J connectivity index is 2.13. The van der Waals surface area contributed by atoms with Crippen LogP contribution in [-0.4, -0.2) is 19.6 Å². The summed E-state index contributed by atoms with van der Waals surface area (Å²) in [6.45, 7) is 7.90. The maximum Gasteiger partial charge on any atom is 0.0597 e. The van der Waals surface area contributed by atoms with E-state index in [2.05, 4.69) is 36.3 Å². The van der Waals surface area contributed by atoms with Crippen LogP contribution in [0, 0.1) is 6.92 Å². The molecule has 0 fully saturated rings. The van der Waals surface area contributed by atoms with Crippen molar-refractivity contribution < 1.29 is 0 Å². The van der Waals surface area contributed by atoms with Crippen LogP contribution in [0.5, 0.6) is 0 Å². The molecule has 0 bridgehead atoms. The summed E-state index contributed by atoms with van der Waals surface area (Å²) in [5, 5.41) is 8.70. The molecule has 5 heteroatoms. The molecule has 0 spiro atoms. The monoisotopic (exact) mass is 247 g/mol. The third-order valence-electron chi connectivity index (χ3n) is 3.08. The highest BCUT2D eigenvalue weighted by molar-refractivity contribution is 5.17. The fraction of sp³-hybridized carbons (Fsp3) is 0.538. The van der Waals surface area contributed by atoms with Gasteiger partial charge in [-0.3, -0.25) is 9.36 Å². The van der Waals surface area contributed by atoms with E-state index in [4.69, 9.17) is 5.73 Å². The van der Waals surface area contributed by atoms with Crippen LogP contribution in [0.15, 0.2) is 18.5 Å². The Morgan fingerprint density at radius 2 is 2.11 bits per heavy atom. The van der Waals surface area contributed by atoms with E-state index in [9.17, 15) is 0 Å². The van der Waals surface area contributed by atoms with Crippen LogP contribution >= 0.6 is 0 Å². The summed E-state index contributed by atoms with van der Waals surface area (Å²) in [5.41, 5.74) is 9.56. The van der Waals surface area contributed by atoms with Gasteiger partial charge in [-0.2, -0.15) is 10.2 Å². The summed E-state index contributed by atoms with van der Waals surface area (Å²) in [4.78, 5) is 0. The fourth-order valence-electron chi connectivity index (χ4n) is 2.16. The van der Waals surface area contributed by atoms with Crippen LogP contribution in [0.1, 0.15) is 36.8 Å². The average Bonchev–Trinajstić information content (AvgIpc) is 2.95. The molecule has 0 saturated carbocycles. The van der Waals surface area contributed by atoms with Gasteiger partial charge in [0.2, 0.25) is 0 Å². The minimum absolute atomic E-state index is 0.0272. The molecule has 2 rings (SSSR count). The zero-order valence-electron chi connectivity index (χ0n) is 11.3. The Bertz CT molecular complexity index is 511. The molecule has 0 aliphatic rings. The van der Waals surface area contributed by atoms with E-state index in [1.54, 1.807) is 0 Å². The molecular formula is C13H21N5. The summed E-state index contributed by atoms with van der Waals surface area (Å²) < 4.78 is 3.90. The highest BCUT2D eigenvalue weighted by Crippen LogP contribution is 2.17. The van der Waals surface area contributed by atoms with Gasteiger partial charge in [-0.25, -0.2) is 0 Å². The van der Waals surface area contributed by atoms with Crippen molar-refractivity contribution in [3.05, 3.63) is 35.4 Å². The standard InChI is InChI=1S/C13H21N5/c1-4-17-9-11(8-15-17)7-12(14)13-6-10(3)16-18(13)5-2/h6,8-9,12H,4-5,7,14H2,1-3H3. The molecule has 2 aromatic rings. The van der Waals surface area contributed by atoms with E-state index >= 15 is 0 Å². The van der Waals surface area contributed by atoms with Crippen LogP contribution in [0.4, 0.5) is 0 Å². The molecule has 0 amide bonds. The van der Waals surface area contributed by atoms with Crippen molar-refractivity contribution in [3.8, 4) is 0 Å². The number of nitrogens with two attached hydrogens (primary N) is 1. The highest BCUT2D eigenvalue weighted by Gasteiger charge is 2.14. The Morgan fingerprint density at radius 1 is 1.33 bits per heavy atom. The Hall–Kier alpha value is -1.62. The molecule has 0 saturated heterocycles. The van der Waals surface area contributed by atoms with Gasteiger partial charge in [0.15, 0.2) is 0 Å². The van der Waals surface area contributed by atoms with Crippen molar-refractivity contribution in [2.24, 2.45) is 5.73 Å². The summed E-state index contributed by atoms with van der Waals surface area (Å²) >= 11 is 0. The topological polar surface area (TPSA) is 61.7 Å². The second-order valence-corrected chi connectivity index (χ2v) is 4.54. The Labute approximate surface area is 108 Å². The zero-order chi connectivity index (χ0) is 13.1. The second-order valence-electron chi connectivity index (χ2n) is 4.54. The normalized spacial score (nSPS) is 12.9. The summed E-state index contributed by atoms with van der Waals surface area (Å²) in [7, 11) is 0. The summed E-state index contributed by atoms with van der Waals surface area (Å²) in [5.74, 6) is 0. The van der Waals surface area contributed by atoms with Gasteiger partial charge >= 0.3 is 0 Å². The number of aromatic nitrogens is 4. The first-order valence-electron chi connectivity index (χ1n) is 6.45. The van der Waals surface area contributed by atoms with Gasteiger partial charge < -0.3 is 5.73 Å². The Kier molecular flexibility index (Phi) is 3.81. The minimum Gasteiger partial charge on any atom is -0.322 e. The fourth-order valence-corrected chi connectivity index (χ4v) is 2.16. The molecule has 2 N–H and O–H groups in total.